The highest BCUT2D eigenvalue weighted by Crippen LogP contribution is 2.40. The van der Waals surface area contributed by atoms with Crippen LogP contribution in [0.15, 0.2) is 0 Å². The number of hydrogen-bond acceptors (Lipinski definition) is 2. The van der Waals surface area contributed by atoms with E-state index < -0.39 is 11.4 Å². The number of carboxylic acids is 1. The lowest BCUT2D eigenvalue weighted by Gasteiger charge is -2.33. The molecule has 74 valence electrons. The highest BCUT2D eigenvalue weighted by molar-refractivity contribution is 9.10. The van der Waals surface area contributed by atoms with E-state index in [4.69, 9.17) is 5.11 Å². The maximum Gasteiger partial charge on any atom is 0.309 e. The number of ketones is 1. The molecule has 13 heavy (non-hydrogen) atoms. The third-order valence-corrected chi connectivity index (χ3v) is 3.73. The molecule has 1 N–H and O–H groups in total. The maximum absolute atomic E-state index is 11.2. The van der Waals surface area contributed by atoms with Crippen molar-refractivity contribution in [1.82, 2.24) is 0 Å². The van der Waals surface area contributed by atoms with Crippen molar-refractivity contribution in [3.63, 3.8) is 0 Å². The lowest BCUT2D eigenvalue weighted by molar-refractivity contribution is -0.151. The fourth-order valence-electron chi connectivity index (χ4n) is 1.74. The van der Waals surface area contributed by atoms with Gasteiger partial charge in [-0.05, 0) is 19.3 Å². The van der Waals surface area contributed by atoms with Crippen LogP contribution in [0.4, 0.5) is 0 Å². The summed E-state index contributed by atoms with van der Waals surface area (Å²) in [6.07, 6.45) is 1.89. The van der Waals surface area contributed by atoms with Crippen molar-refractivity contribution in [3.8, 4) is 0 Å². The number of hydrogen-bond donors (Lipinski definition) is 1. The van der Waals surface area contributed by atoms with Gasteiger partial charge >= 0.3 is 5.97 Å². The zero-order valence-corrected chi connectivity index (χ0v) is 9.13. The molecular weight excluding hydrogens is 236 g/mol. The van der Waals surface area contributed by atoms with Crippen molar-refractivity contribution in [2.45, 2.75) is 37.4 Å². The van der Waals surface area contributed by atoms with E-state index in [2.05, 4.69) is 15.9 Å². The first kappa shape index (κ1) is 10.7. The van der Waals surface area contributed by atoms with E-state index in [0.717, 1.165) is 0 Å². The predicted octanol–water partition coefficient (Wildman–Crippen LogP) is 1.98. The zero-order chi connectivity index (χ0) is 10.1. The van der Waals surface area contributed by atoms with Crippen LogP contribution < -0.4 is 0 Å². The van der Waals surface area contributed by atoms with E-state index in [-0.39, 0.29) is 10.6 Å². The van der Waals surface area contributed by atoms with Crippen molar-refractivity contribution in [2.75, 3.05) is 0 Å². The summed E-state index contributed by atoms with van der Waals surface area (Å²) in [6, 6.07) is 0. The molecule has 0 aromatic carbocycles. The van der Waals surface area contributed by atoms with E-state index in [1.165, 1.54) is 0 Å². The molecule has 0 heterocycles. The molecule has 3 nitrogen and oxygen atoms in total. The molecule has 1 aliphatic rings. The first-order valence-corrected chi connectivity index (χ1v) is 5.33. The van der Waals surface area contributed by atoms with E-state index in [1.807, 2.05) is 6.92 Å². The van der Waals surface area contributed by atoms with Gasteiger partial charge in [0.2, 0.25) is 0 Å². The summed E-state index contributed by atoms with van der Waals surface area (Å²) in [7, 11) is 0. The first-order valence-electron chi connectivity index (χ1n) is 4.42. The van der Waals surface area contributed by atoms with Crippen LogP contribution in [-0.2, 0) is 9.59 Å². The summed E-state index contributed by atoms with van der Waals surface area (Å²) < 4.78 is 0. The normalized spacial score (nSPS) is 34.6. The van der Waals surface area contributed by atoms with Crippen molar-refractivity contribution in [3.05, 3.63) is 0 Å². The summed E-state index contributed by atoms with van der Waals surface area (Å²) in [5.41, 5.74) is -0.678. The van der Waals surface area contributed by atoms with Gasteiger partial charge < -0.3 is 5.11 Å². The molecule has 1 fully saturated rings. The molecule has 0 saturated heterocycles. The summed E-state index contributed by atoms with van der Waals surface area (Å²) in [4.78, 5) is 21.9. The van der Waals surface area contributed by atoms with Gasteiger partial charge in [-0.2, -0.15) is 0 Å². The fraction of sp³-hybridized carbons (Fsp3) is 0.778. The van der Waals surface area contributed by atoms with Crippen LogP contribution in [0.5, 0.6) is 0 Å². The molecule has 1 rings (SSSR count). The molecule has 1 saturated carbocycles. The zero-order valence-electron chi connectivity index (χ0n) is 7.55. The van der Waals surface area contributed by atoms with E-state index in [1.54, 1.807) is 0 Å². The minimum Gasteiger partial charge on any atom is -0.481 e. The van der Waals surface area contributed by atoms with Gasteiger partial charge in [0.15, 0.2) is 0 Å². The van der Waals surface area contributed by atoms with Crippen molar-refractivity contribution < 1.29 is 14.7 Å². The van der Waals surface area contributed by atoms with Crippen LogP contribution in [0.25, 0.3) is 0 Å². The Morgan fingerprint density at radius 3 is 2.77 bits per heavy atom. The molecule has 0 amide bonds. The monoisotopic (exact) mass is 248 g/mol. The number of halogens is 1. The molecule has 2 unspecified atom stereocenters. The number of rotatable bonds is 2. The van der Waals surface area contributed by atoms with Gasteiger partial charge in [0.25, 0.3) is 0 Å². The molecule has 4 heteroatoms. The number of carboxylic acid groups (broad SMARTS) is 1. The van der Waals surface area contributed by atoms with Gasteiger partial charge in [-0.15, -0.1) is 0 Å². The minimum absolute atomic E-state index is 0.130. The van der Waals surface area contributed by atoms with Gasteiger partial charge in [0.1, 0.15) is 5.78 Å². The van der Waals surface area contributed by atoms with Crippen molar-refractivity contribution >= 4 is 27.7 Å². The van der Waals surface area contributed by atoms with Gasteiger partial charge in [0.05, 0.1) is 10.2 Å². The number of Topliss-reactive ketones (excluding diaryl/α,β-unsaturated/α-hetero) is 1. The molecule has 0 spiro atoms. The fourth-order valence-corrected chi connectivity index (χ4v) is 2.59. The van der Waals surface area contributed by atoms with Gasteiger partial charge in [-0.1, -0.05) is 22.9 Å². The smallest absolute Gasteiger partial charge is 0.309 e. The summed E-state index contributed by atoms with van der Waals surface area (Å²) in [5.74, 6) is -0.641. The Balaban J connectivity index is 2.80. The number of carbonyl (C=O) groups excluding carboxylic acids is 1. The number of alkyl halides is 1. The Kier molecular flexibility index (Phi) is 3.11. The van der Waals surface area contributed by atoms with Crippen LogP contribution in [0, 0.1) is 5.41 Å². The van der Waals surface area contributed by atoms with Crippen LogP contribution in [-0.4, -0.2) is 21.7 Å². The van der Waals surface area contributed by atoms with E-state index in [9.17, 15) is 9.59 Å². The van der Waals surface area contributed by atoms with Crippen molar-refractivity contribution in [1.29, 1.82) is 0 Å². The van der Waals surface area contributed by atoms with Gasteiger partial charge in [-0.25, -0.2) is 0 Å². The van der Waals surface area contributed by atoms with Crippen LogP contribution in [0.3, 0.4) is 0 Å². The molecule has 0 aliphatic heterocycles. The number of carbonyl (C=O) groups is 2. The molecule has 0 aromatic rings. The summed E-state index contributed by atoms with van der Waals surface area (Å²) in [5, 5.41) is 9.06. The third-order valence-electron chi connectivity index (χ3n) is 2.90. The largest absolute Gasteiger partial charge is 0.481 e. The Morgan fingerprint density at radius 1 is 1.77 bits per heavy atom. The molecule has 1 aliphatic carbocycles. The second kappa shape index (κ2) is 3.78. The quantitative estimate of drug-likeness (QED) is 0.761. The SMILES string of the molecule is CCC1(C(=O)O)CCC(=O)C(Br)C1. The maximum atomic E-state index is 11.2. The molecular formula is C9H13BrO3. The van der Waals surface area contributed by atoms with Crippen molar-refractivity contribution in [2.24, 2.45) is 5.41 Å². The highest BCUT2D eigenvalue weighted by Gasteiger charge is 2.43. The standard InChI is InChI=1S/C9H13BrO3/c1-2-9(8(12)13)4-3-7(11)6(10)5-9/h6H,2-5H2,1H3,(H,12,13). The van der Waals surface area contributed by atoms with E-state index >= 15 is 0 Å². The molecule has 0 radical (unpaired) electrons. The second-order valence-electron chi connectivity index (χ2n) is 3.58. The Labute approximate surface area is 85.6 Å². The van der Waals surface area contributed by atoms with E-state index in [0.29, 0.717) is 25.7 Å². The number of aliphatic carboxylic acids is 1. The lowest BCUT2D eigenvalue weighted by atomic mass is 9.72. The second-order valence-corrected chi connectivity index (χ2v) is 4.68. The molecule has 2 atom stereocenters. The molecule has 0 bridgehead atoms. The van der Waals surface area contributed by atoms with Gasteiger partial charge in [-0.3, -0.25) is 9.59 Å². The third kappa shape index (κ3) is 1.93. The summed E-state index contributed by atoms with van der Waals surface area (Å²) in [6.45, 7) is 1.86. The Bertz CT molecular complexity index is 239. The lowest BCUT2D eigenvalue weighted by Crippen LogP contribution is -2.40. The van der Waals surface area contributed by atoms with Crippen LogP contribution >= 0.6 is 15.9 Å². The Hall–Kier alpha value is -0.380. The minimum atomic E-state index is -0.771. The first-order chi connectivity index (χ1) is 6.02. The van der Waals surface area contributed by atoms with Gasteiger partial charge in [0, 0.05) is 6.42 Å². The van der Waals surface area contributed by atoms with Crippen LogP contribution in [0.2, 0.25) is 0 Å². The average Bonchev–Trinajstić information content (AvgIpc) is 2.09. The summed E-state index contributed by atoms with van der Waals surface area (Å²) >= 11 is 3.23. The van der Waals surface area contributed by atoms with Crippen LogP contribution in [0.1, 0.15) is 32.6 Å². The average molecular weight is 249 g/mol. The highest BCUT2D eigenvalue weighted by atomic mass is 79.9. The Morgan fingerprint density at radius 2 is 2.38 bits per heavy atom. The molecule has 0 aromatic heterocycles. The topological polar surface area (TPSA) is 54.4 Å². The predicted molar refractivity (Wildman–Crippen MR) is 51.9 cm³/mol.